The quantitative estimate of drug-likeness (QED) is 0.580. The van der Waals surface area contributed by atoms with Crippen LogP contribution in [0.25, 0.3) is 0 Å². The van der Waals surface area contributed by atoms with Crippen LogP contribution in [0, 0.1) is 0 Å². The molecule has 0 radical (unpaired) electrons. The lowest BCUT2D eigenvalue weighted by Crippen LogP contribution is -2.08. The molecule has 4 heteroatoms. The van der Waals surface area contributed by atoms with E-state index in [9.17, 15) is 4.79 Å². The summed E-state index contributed by atoms with van der Waals surface area (Å²) in [4.78, 5) is 11.7. The van der Waals surface area contributed by atoms with E-state index in [0.717, 1.165) is 18.4 Å². The Morgan fingerprint density at radius 3 is 2.76 bits per heavy atom. The van der Waals surface area contributed by atoms with Gasteiger partial charge in [0.1, 0.15) is 11.3 Å². The van der Waals surface area contributed by atoms with Gasteiger partial charge < -0.3 is 9.47 Å². The van der Waals surface area contributed by atoms with Gasteiger partial charge in [-0.05, 0) is 31.4 Å². The van der Waals surface area contributed by atoms with E-state index >= 15 is 0 Å². The minimum absolute atomic E-state index is 0.350. The fraction of sp³-hybridized carbons (Fsp3) is 0.462. The van der Waals surface area contributed by atoms with Crippen molar-refractivity contribution >= 4 is 17.6 Å². The largest absolute Gasteiger partial charge is 0.496 e. The molecule has 0 atom stereocenters. The monoisotopic (exact) mass is 256 g/mol. The van der Waals surface area contributed by atoms with E-state index in [1.54, 1.807) is 20.1 Å². The first-order valence-corrected chi connectivity index (χ1v) is 6.17. The molecule has 3 nitrogen and oxygen atoms in total. The molecular weight excluding hydrogens is 240 g/mol. The van der Waals surface area contributed by atoms with Gasteiger partial charge in [0.15, 0.2) is 0 Å². The molecule has 1 aromatic rings. The van der Waals surface area contributed by atoms with Crippen LogP contribution < -0.4 is 4.74 Å². The van der Waals surface area contributed by atoms with Crippen LogP contribution in [0.1, 0.15) is 29.3 Å². The van der Waals surface area contributed by atoms with Crippen molar-refractivity contribution in [3.05, 3.63) is 29.3 Å². The topological polar surface area (TPSA) is 35.5 Å². The van der Waals surface area contributed by atoms with Crippen molar-refractivity contribution in [3.8, 4) is 5.75 Å². The Labute approximate surface area is 107 Å². The van der Waals surface area contributed by atoms with Crippen molar-refractivity contribution in [2.75, 3.05) is 19.6 Å². The maximum absolute atomic E-state index is 11.7. The third-order valence-electron chi connectivity index (χ3n) is 2.38. The standard InChI is InChI=1S/C13H17ClO3/c1-3-17-13(15)11-8-4-6-10(7-5-9-14)12(11)16-2/h4,6,8H,3,5,7,9H2,1-2H3. The minimum Gasteiger partial charge on any atom is -0.496 e. The molecule has 0 aromatic heterocycles. The summed E-state index contributed by atoms with van der Waals surface area (Å²) >= 11 is 5.67. The number of rotatable bonds is 6. The van der Waals surface area contributed by atoms with Gasteiger partial charge in [-0.15, -0.1) is 11.6 Å². The molecule has 0 heterocycles. The maximum atomic E-state index is 11.7. The molecule has 0 N–H and O–H groups in total. The third kappa shape index (κ3) is 3.63. The molecule has 0 bridgehead atoms. The number of benzene rings is 1. The number of methoxy groups -OCH3 is 1. The summed E-state index contributed by atoms with van der Waals surface area (Å²) < 4.78 is 10.3. The summed E-state index contributed by atoms with van der Waals surface area (Å²) in [6.07, 6.45) is 1.64. The molecule has 1 rings (SSSR count). The number of esters is 1. The van der Waals surface area contributed by atoms with Gasteiger partial charge in [-0.1, -0.05) is 12.1 Å². The second-order valence-corrected chi connectivity index (χ2v) is 3.89. The van der Waals surface area contributed by atoms with Crippen molar-refractivity contribution in [1.29, 1.82) is 0 Å². The summed E-state index contributed by atoms with van der Waals surface area (Å²) in [5, 5.41) is 0. The summed E-state index contributed by atoms with van der Waals surface area (Å²) in [5.74, 6) is 0.834. The molecule has 0 saturated carbocycles. The molecule has 0 saturated heterocycles. The Hall–Kier alpha value is -1.22. The lowest BCUT2D eigenvalue weighted by Gasteiger charge is -2.12. The summed E-state index contributed by atoms with van der Waals surface area (Å²) in [7, 11) is 1.56. The first-order valence-electron chi connectivity index (χ1n) is 5.63. The fourth-order valence-corrected chi connectivity index (χ4v) is 1.78. The molecule has 17 heavy (non-hydrogen) atoms. The predicted molar refractivity (Wildman–Crippen MR) is 68.0 cm³/mol. The van der Waals surface area contributed by atoms with Gasteiger partial charge in [-0.2, -0.15) is 0 Å². The van der Waals surface area contributed by atoms with Crippen molar-refractivity contribution in [2.24, 2.45) is 0 Å². The zero-order valence-electron chi connectivity index (χ0n) is 10.2. The number of para-hydroxylation sites is 1. The SMILES string of the molecule is CCOC(=O)c1cccc(CCCCl)c1OC. The Kier molecular flexibility index (Phi) is 5.84. The van der Waals surface area contributed by atoms with E-state index in [-0.39, 0.29) is 5.97 Å². The lowest BCUT2D eigenvalue weighted by molar-refractivity contribution is 0.0522. The van der Waals surface area contributed by atoms with E-state index in [1.807, 2.05) is 12.1 Å². The van der Waals surface area contributed by atoms with E-state index < -0.39 is 0 Å². The van der Waals surface area contributed by atoms with Crippen molar-refractivity contribution < 1.29 is 14.3 Å². The Morgan fingerprint density at radius 1 is 1.41 bits per heavy atom. The number of hydrogen-bond donors (Lipinski definition) is 0. The van der Waals surface area contributed by atoms with Gasteiger partial charge in [0.2, 0.25) is 0 Å². The highest BCUT2D eigenvalue weighted by molar-refractivity contribution is 6.17. The highest BCUT2D eigenvalue weighted by Crippen LogP contribution is 2.25. The Bertz CT molecular complexity index is 377. The lowest BCUT2D eigenvalue weighted by atomic mass is 10.0. The second-order valence-electron chi connectivity index (χ2n) is 3.51. The molecular formula is C13H17ClO3. The first kappa shape index (κ1) is 13.8. The molecule has 0 aliphatic heterocycles. The van der Waals surface area contributed by atoms with Gasteiger partial charge in [-0.25, -0.2) is 4.79 Å². The number of ether oxygens (including phenoxy) is 2. The van der Waals surface area contributed by atoms with Crippen molar-refractivity contribution in [2.45, 2.75) is 19.8 Å². The minimum atomic E-state index is -0.350. The average Bonchev–Trinajstić information content (AvgIpc) is 2.36. The molecule has 0 unspecified atom stereocenters. The van der Waals surface area contributed by atoms with Crippen LogP contribution in [0.15, 0.2) is 18.2 Å². The van der Waals surface area contributed by atoms with E-state index in [1.165, 1.54) is 0 Å². The molecule has 0 spiro atoms. The predicted octanol–water partition coefficient (Wildman–Crippen LogP) is 3.04. The number of alkyl halides is 1. The van der Waals surface area contributed by atoms with Crippen LogP contribution >= 0.6 is 11.6 Å². The molecule has 94 valence electrons. The van der Waals surface area contributed by atoms with Crippen LogP contribution in [0.2, 0.25) is 0 Å². The molecule has 0 fully saturated rings. The Balaban J connectivity index is 3.00. The highest BCUT2D eigenvalue weighted by atomic mass is 35.5. The van der Waals surface area contributed by atoms with Gasteiger partial charge in [-0.3, -0.25) is 0 Å². The zero-order chi connectivity index (χ0) is 12.7. The van der Waals surface area contributed by atoms with Gasteiger partial charge in [0, 0.05) is 5.88 Å². The zero-order valence-corrected chi connectivity index (χ0v) is 10.9. The number of carbonyl (C=O) groups is 1. The molecule has 0 aliphatic carbocycles. The summed E-state index contributed by atoms with van der Waals surface area (Å²) in [6, 6.07) is 5.48. The van der Waals surface area contributed by atoms with Crippen LogP contribution in [-0.2, 0) is 11.2 Å². The van der Waals surface area contributed by atoms with Gasteiger partial charge in [0.05, 0.1) is 13.7 Å². The van der Waals surface area contributed by atoms with Crippen molar-refractivity contribution in [3.63, 3.8) is 0 Å². The maximum Gasteiger partial charge on any atom is 0.341 e. The number of aryl methyl sites for hydroxylation is 1. The van der Waals surface area contributed by atoms with E-state index in [4.69, 9.17) is 21.1 Å². The number of carbonyl (C=O) groups excluding carboxylic acids is 1. The third-order valence-corrected chi connectivity index (χ3v) is 2.64. The van der Waals surface area contributed by atoms with E-state index in [0.29, 0.717) is 23.8 Å². The highest BCUT2D eigenvalue weighted by Gasteiger charge is 2.16. The second kappa shape index (κ2) is 7.17. The average molecular weight is 257 g/mol. The van der Waals surface area contributed by atoms with Crippen LogP contribution in [0.3, 0.4) is 0 Å². The smallest absolute Gasteiger partial charge is 0.341 e. The summed E-state index contributed by atoms with van der Waals surface area (Å²) in [6.45, 7) is 2.13. The van der Waals surface area contributed by atoms with Crippen molar-refractivity contribution in [1.82, 2.24) is 0 Å². The Morgan fingerprint density at radius 2 is 2.18 bits per heavy atom. The number of halogens is 1. The normalized spacial score (nSPS) is 10.1. The fourth-order valence-electron chi connectivity index (χ4n) is 1.65. The molecule has 0 aliphatic rings. The van der Waals surface area contributed by atoms with Crippen LogP contribution in [0.4, 0.5) is 0 Å². The number of hydrogen-bond acceptors (Lipinski definition) is 3. The molecule has 1 aromatic carbocycles. The van der Waals surface area contributed by atoms with Crippen LogP contribution in [-0.4, -0.2) is 25.6 Å². The molecule has 0 amide bonds. The summed E-state index contributed by atoms with van der Waals surface area (Å²) in [5.41, 5.74) is 1.46. The van der Waals surface area contributed by atoms with Crippen LogP contribution in [0.5, 0.6) is 5.75 Å². The first-order chi connectivity index (χ1) is 8.24. The van der Waals surface area contributed by atoms with Gasteiger partial charge >= 0.3 is 5.97 Å². The van der Waals surface area contributed by atoms with Gasteiger partial charge in [0.25, 0.3) is 0 Å². The van der Waals surface area contributed by atoms with E-state index in [2.05, 4.69) is 0 Å².